The maximum absolute atomic E-state index is 7.64. The SMILES string of the molecule is [C-]#[N+]c1cc(-n2nnc([Si](C)(C)C)[n+]2-c2c(-c3ccccc3)cccc2-c2ccccc2)ccc1C. The molecule has 0 amide bonds. The minimum atomic E-state index is -1.95. The minimum absolute atomic E-state index is 0.615. The highest BCUT2D eigenvalue weighted by Crippen LogP contribution is 2.33. The zero-order valence-electron chi connectivity index (χ0n) is 21.0. The van der Waals surface area contributed by atoms with Gasteiger partial charge in [-0.15, -0.1) is 4.68 Å². The summed E-state index contributed by atoms with van der Waals surface area (Å²) < 4.78 is 2.18. The topological polar surface area (TPSA) is 39.0 Å². The van der Waals surface area contributed by atoms with Gasteiger partial charge in [0, 0.05) is 11.1 Å². The summed E-state index contributed by atoms with van der Waals surface area (Å²) in [7, 11) is -1.95. The van der Waals surface area contributed by atoms with Crippen LogP contribution in [0.15, 0.2) is 97.1 Å². The number of hydrogen-bond acceptors (Lipinski definition) is 2. The fourth-order valence-corrected chi connectivity index (χ4v) is 5.59. The second kappa shape index (κ2) is 9.37. The maximum atomic E-state index is 7.64. The van der Waals surface area contributed by atoms with Crippen molar-refractivity contribution >= 4 is 19.2 Å². The molecule has 0 N–H and O–H groups in total. The lowest BCUT2D eigenvalue weighted by Crippen LogP contribution is -2.62. The second-order valence-electron chi connectivity index (χ2n) is 9.88. The van der Waals surface area contributed by atoms with Gasteiger partial charge >= 0.3 is 0 Å². The smallest absolute Gasteiger partial charge is 0.238 e. The van der Waals surface area contributed by atoms with Crippen LogP contribution in [-0.4, -0.2) is 23.2 Å². The Bertz CT molecular complexity index is 1520. The number of nitrogens with zero attached hydrogens (tertiary/aromatic N) is 5. The molecule has 0 bridgehead atoms. The predicted molar refractivity (Wildman–Crippen MR) is 148 cm³/mol. The molecular weight excluding hydrogens is 458 g/mol. The third-order valence-corrected chi connectivity index (χ3v) is 7.90. The zero-order valence-corrected chi connectivity index (χ0v) is 22.0. The van der Waals surface area contributed by atoms with E-state index in [2.05, 4.69) is 101 Å². The maximum Gasteiger partial charge on any atom is 0.273 e. The van der Waals surface area contributed by atoms with Crippen molar-refractivity contribution in [2.24, 2.45) is 0 Å². The van der Waals surface area contributed by atoms with Crippen molar-refractivity contribution in [3.63, 3.8) is 0 Å². The first kappa shape index (κ1) is 23.4. The summed E-state index contributed by atoms with van der Waals surface area (Å²) in [5.41, 5.74) is 8.81. The fraction of sp³-hybridized carbons (Fsp3) is 0.133. The van der Waals surface area contributed by atoms with Gasteiger partial charge in [-0.1, -0.05) is 105 Å². The molecule has 0 radical (unpaired) electrons. The van der Waals surface area contributed by atoms with Crippen LogP contribution in [0.1, 0.15) is 5.56 Å². The molecule has 1 heterocycles. The Morgan fingerprint density at radius 3 is 1.89 bits per heavy atom. The first-order chi connectivity index (χ1) is 17.4. The number of aromatic nitrogens is 4. The van der Waals surface area contributed by atoms with Gasteiger partial charge in [0.05, 0.1) is 11.7 Å². The predicted octanol–water partition coefficient (Wildman–Crippen LogP) is 6.28. The molecule has 0 saturated carbocycles. The van der Waals surface area contributed by atoms with Crippen LogP contribution in [0, 0.1) is 13.5 Å². The molecule has 176 valence electrons. The second-order valence-corrected chi connectivity index (χ2v) is 14.8. The molecule has 0 aliphatic rings. The average molecular weight is 487 g/mol. The van der Waals surface area contributed by atoms with Crippen LogP contribution in [0.3, 0.4) is 0 Å². The van der Waals surface area contributed by atoms with Crippen LogP contribution in [0.2, 0.25) is 19.6 Å². The number of tetrazole rings is 1. The lowest BCUT2D eigenvalue weighted by molar-refractivity contribution is -0.663. The van der Waals surface area contributed by atoms with E-state index < -0.39 is 8.07 Å². The molecule has 0 aliphatic heterocycles. The van der Waals surface area contributed by atoms with Crippen molar-refractivity contribution in [3.8, 4) is 33.6 Å². The van der Waals surface area contributed by atoms with Gasteiger partial charge in [0.1, 0.15) is 11.4 Å². The molecule has 4 aromatic carbocycles. The summed E-state index contributed by atoms with van der Waals surface area (Å²) in [6, 6.07) is 33.2. The number of rotatable bonds is 5. The number of aryl methyl sites for hydroxylation is 1. The van der Waals surface area contributed by atoms with E-state index >= 15 is 0 Å². The van der Waals surface area contributed by atoms with Gasteiger partial charge in [0.2, 0.25) is 0 Å². The van der Waals surface area contributed by atoms with Gasteiger partial charge < -0.3 is 0 Å². The summed E-state index contributed by atoms with van der Waals surface area (Å²) in [5.74, 6) is 0. The fourth-order valence-electron chi connectivity index (χ4n) is 4.41. The molecule has 5 rings (SSSR count). The summed E-state index contributed by atoms with van der Waals surface area (Å²) in [6.45, 7) is 16.4. The van der Waals surface area contributed by atoms with Gasteiger partial charge in [0.15, 0.2) is 19.0 Å². The average Bonchev–Trinajstić information content (AvgIpc) is 3.35. The van der Waals surface area contributed by atoms with E-state index in [4.69, 9.17) is 11.7 Å². The first-order valence-corrected chi connectivity index (χ1v) is 15.5. The van der Waals surface area contributed by atoms with Crippen LogP contribution < -0.4 is 10.1 Å². The van der Waals surface area contributed by atoms with Crippen LogP contribution in [-0.2, 0) is 0 Å². The van der Waals surface area contributed by atoms with E-state index in [9.17, 15) is 0 Å². The largest absolute Gasteiger partial charge is 0.273 e. The van der Waals surface area contributed by atoms with Gasteiger partial charge in [0.25, 0.3) is 5.45 Å². The van der Waals surface area contributed by atoms with Gasteiger partial charge in [-0.2, -0.15) is 0 Å². The number of hydrogen-bond donors (Lipinski definition) is 0. The third kappa shape index (κ3) is 4.25. The van der Waals surface area contributed by atoms with Crippen LogP contribution in [0.5, 0.6) is 0 Å². The van der Waals surface area contributed by atoms with Gasteiger partial charge in [-0.05, 0) is 40.5 Å². The Hall–Kier alpha value is -4.34. The van der Waals surface area contributed by atoms with E-state index in [-0.39, 0.29) is 0 Å². The quantitative estimate of drug-likeness (QED) is 0.167. The Morgan fingerprint density at radius 1 is 0.778 bits per heavy atom. The highest BCUT2D eigenvalue weighted by molar-refractivity contribution is 6.86. The lowest BCUT2D eigenvalue weighted by Gasteiger charge is -2.18. The van der Waals surface area contributed by atoms with E-state index in [1.165, 1.54) is 0 Å². The van der Waals surface area contributed by atoms with E-state index in [1.54, 1.807) is 0 Å². The Kier molecular flexibility index (Phi) is 6.09. The summed E-state index contributed by atoms with van der Waals surface area (Å²) in [4.78, 5) is 5.59. The van der Waals surface area contributed by atoms with E-state index in [0.29, 0.717) is 5.69 Å². The molecule has 6 heteroatoms. The summed E-state index contributed by atoms with van der Waals surface area (Å²) in [6.07, 6.45) is 0. The Morgan fingerprint density at radius 2 is 1.36 bits per heavy atom. The molecule has 0 spiro atoms. The molecule has 0 unspecified atom stereocenters. The highest BCUT2D eigenvalue weighted by Gasteiger charge is 2.37. The zero-order chi connectivity index (χ0) is 25.3. The van der Waals surface area contributed by atoms with Gasteiger partial charge in [-0.3, -0.25) is 0 Å². The molecule has 0 atom stereocenters. The number of para-hydroxylation sites is 1. The Balaban J connectivity index is 1.91. The Labute approximate surface area is 213 Å². The molecule has 0 saturated heterocycles. The molecule has 1 aromatic heterocycles. The molecule has 5 aromatic rings. The number of benzene rings is 4. The lowest BCUT2D eigenvalue weighted by atomic mass is 9.96. The van der Waals surface area contributed by atoms with Crippen molar-refractivity contribution in [2.75, 3.05) is 0 Å². The normalized spacial score (nSPS) is 11.3. The highest BCUT2D eigenvalue weighted by atomic mass is 28.3. The van der Waals surface area contributed by atoms with Crippen molar-refractivity contribution in [3.05, 3.63) is 114 Å². The monoisotopic (exact) mass is 486 g/mol. The molecule has 0 fully saturated rings. The van der Waals surface area contributed by atoms with Crippen LogP contribution in [0.25, 0.3) is 38.5 Å². The summed E-state index contributed by atoms with van der Waals surface area (Å²) in [5, 5.41) is 9.41. The molecular formula is C30H28N5Si+. The van der Waals surface area contributed by atoms with Crippen molar-refractivity contribution in [1.82, 2.24) is 15.1 Å². The molecule has 5 nitrogen and oxygen atoms in total. The first-order valence-electron chi connectivity index (χ1n) is 12.0. The van der Waals surface area contributed by atoms with Crippen molar-refractivity contribution < 1.29 is 4.68 Å². The minimum Gasteiger partial charge on any atom is -0.238 e. The van der Waals surface area contributed by atoms with E-state index in [0.717, 1.165) is 44.6 Å². The molecule has 0 aliphatic carbocycles. The van der Waals surface area contributed by atoms with E-state index in [1.807, 2.05) is 42.1 Å². The van der Waals surface area contributed by atoms with Crippen molar-refractivity contribution in [1.29, 1.82) is 0 Å². The van der Waals surface area contributed by atoms with Crippen molar-refractivity contribution in [2.45, 2.75) is 26.6 Å². The standard InChI is InChI=1S/C30H28N5Si/c1-22-19-20-25(21-28(22)31-2)35-33-32-30(36(3,4)5)34(35)29-26(23-13-8-6-9-14-23)17-12-18-27(29)24-15-10-7-11-16-24/h6-21H,1,3-5H3/q+1. The van der Waals surface area contributed by atoms with Crippen LogP contribution >= 0.6 is 0 Å². The summed E-state index contributed by atoms with van der Waals surface area (Å²) >= 11 is 0. The van der Waals surface area contributed by atoms with Crippen LogP contribution in [0.4, 0.5) is 5.69 Å². The molecule has 36 heavy (non-hydrogen) atoms. The third-order valence-electron chi connectivity index (χ3n) is 6.25. The van der Waals surface area contributed by atoms with Gasteiger partial charge in [-0.25, -0.2) is 4.85 Å².